The monoisotopic (exact) mass is 1100 g/mol. The highest BCUT2D eigenvalue weighted by Gasteiger charge is 2.34. The number of hydrogen-bond acceptors (Lipinski definition) is 13. The minimum atomic E-state index is -1.16. The number of primary amides is 1. The molecule has 0 saturated heterocycles. The Hall–Kier alpha value is -7.14. The number of nitrogens with zero attached hydrogens (tertiary/aromatic N) is 4. The molecule has 0 fully saturated rings. The van der Waals surface area contributed by atoms with E-state index in [2.05, 4.69) is 20.9 Å². The molecule has 22 nitrogen and oxygen atoms in total. The first-order valence-electron chi connectivity index (χ1n) is 27.6. The number of rotatable bonds is 26. The molecule has 22 heteroatoms. The molecule has 3 aromatic carbocycles. The number of amides is 7. The minimum Gasteiger partial charge on any atom is -0.508 e. The molecular weight excluding hydrogens is 1010 g/mol. The summed E-state index contributed by atoms with van der Waals surface area (Å²) in [6, 6.07) is 14.3. The van der Waals surface area contributed by atoms with Crippen molar-refractivity contribution in [3.63, 3.8) is 0 Å². The Morgan fingerprint density at radius 1 is 0.620 bits per heavy atom. The van der Waals surface area contributed by atoms with Gasteiger partial charge in [0.2, 0.25) is 41.4 Å². The summed E-state index contributed by atoms with van der Waals surface area (Å²) < 4.78 is 0. The lowest BCUT2D eigenvalue weighted by molar-refractivity contribution is -0.139. The summed E-state index contributed by atoms with van der Waals surface area (Å²) in [5, 5.41) is 18.8. The van der Waals surface area contributed by atoms with Crippen molar-refractivity contribution < 1.29 is 38.7 Å². The van der Waals surface area contributed by atoms with Crippen molar-refractivity contribution in [2.45, 2.75) is 148 Å². The first kappa shape index (κ1) is 64.4. The largest absolute Gasteiger partial charge is 0.508 e. The van der Waals surface area contributed by atoms with Gasteiger partial charge in [0.15, 0.2) is 5.96 Å². The molecule has 2 bridgehead atoms. The lowest BCUT2D eigenvalue weighted by Crippen LogP contribution is -2.55. The van der Waals surface area contributed by atoms with Crippen LogP contribution in [0, 0.1) is 11.8 Å². The fraction of sp³-hybridized carbons (Fsp3) is 0.544. The Bertz CT molecular complexity index is 2490. The normalized spacial score (nSPS) is 16.0. The number of aliphatic imine (C=N–C) groups is 1. The van der Waals surface area contributed by atoms with E-state index in [0.717, 1.165) is 5.56 Å². The molecule has 7 atom stereocenters. The van der Waals surface area contributed by atoms with Gasteiger partial charge >= 0.3 is 0 Å². The Morgan fingerprint density at radius 2 is 1.13 bits per heavy atom. The van der Waals surface area contributed by atoms with Crippen molar-refractivity contribution in [2.75, 3.05) is 39.3 Å². The van der Waals surface area contributed by atoms with E-state index >= 15 is 14.4 Å². The van der Waals surface area contributed by atoms with E-state index in [1.165, 1.54) is 17.0 Å². The van der Waals surface area contributed by atoms with Crippen molar-refractivity contribution in [1.82, 2.24) is 30.7 Å². The molecule has 0 aromatic heterocycles. The fourth-order valence-corrected chi connectivity index (χ4v) is 9.43. The summed E-state index contributed by atoms with van der Waals surface area (Å²) in [5.74, 6) is -3.98. The predicted molar refractivity (Wildman–Crippen MR) is 305 cm³/mol. The van der Waals surface area contributed by atoms with Gasteiger partial charge in [-0.05, 0) is 110 Å². The maximum Gasteiger partial charge on any atom is 0.248 e. The van der Waals surface area contributed by atoms with Crippen LogP contribution in [-0.4, -0.2) is 143 Å². The summed E-state index contributed by atoms with van der Waals surface area (Å²) in [6.45, 7) is 8.25. The van der Waals surface area contributed by atoms with Crippen LogP contribution >= 0.6 is 0 Å². The van der Waals surface area contributed by atoms with Gasteiger partial charge < -0.3 is 75.9 Å². The van der Waals surface area contributed by atoms with Gasteiger partial charge in [0, 0.05) is 64.2 Å². The molecule has 0 radical (unpaired) electrons. The smallest absolute Gasteiger partial charge is 0.248 e. The number of benzene rings is 3. The Morgan fingerprint density at radius 3 is 1.63 bits per heavy atom. The van der Waals surface area contributed by atoms with Crippen LogP contribution in [0.3, 0.4) is 0 Å². The van der Waals surface area contributed by atoms with E-state index in [4.69, 9.17) is 40.1 Å². The number of aromatic hydroxyl groups is 1. The average molecular weight is 1100 g/mol. The second-order valence-corrected chi connectivity index (χ2v) is 21.2. The first-order valence-corrected chi connectivity index (χ1v) is 27.6. The van der Waals surface area contributed by atoms with Gasteiger partial charge in [0.1, 0.15) is 23.9 Å². The highest BCUT2D eigenvalue weighted by molar-refractivity contribution is 5.94. The summed E-state index contributed by atoms with van der Waals surface area (Å²) in [7, 11) is 0. The highest BCUT2D eigenvalue weighted by Crippen LogP contribution is 2.21. The van der Waals surface area contributed by atoms with Crippen LogP contribution in [0.25, 0.3) is 0 Å². The molecule has 0 spiro atoms. The summed E-state index contributed by atoms with van der Waals surface area (Å²) in [5.41, 5.74) is 44.5. The van der Waals surface area contributed by atoms with Crippen LogP contribution in [0.2, 0.25) is 0 Å². The van der Waals surface area contributed by atoms with E-state index in [1.54, 1.807) is 40.1 Å². The Balaban J connectivity index is 1.88. The molecule has 18 N–H and O–H groups in total. The Labute approximate surface area is 465 Å². The molecular formula is C57H88N14O8. The van der Waals surface area contributed by atoms with E-state index < -0.39 is 77.6 Å². The third kappa shape index (κ3) is 21.6. The molecule has 4 rings (SSSR count). The van der Waals surface area contributed by atoms with Crippen molar-refractivity contribution in [2.24, 2.45) is 57.0 Å². The number of phenolic OH excluding ortho intramolecular Hbond substituents is 1. The predicted octanol–water partition coefficient (Wildman–Crippen LogP) is 0.967. The summed E-state index contributed by atoms with van der Waals surface area (Å²) >= 11 is 0. The molecule has 3 aromatic rings. The maximum atomic E-state index is 15.2. The van der Waals surface area contributed by atoms with Crippen LogP contribution in [-0.2, 0) is 54.7 Å². The van der Waals surface area contributed by atoms with Crippen LogP contribution in [0.15, 0.2) is 77.8 Å². The van der Waals surface area contributed by atoms with Crippen molar-refractivity contribution >= 4 is 47.3 Å². The quantitative estimate of drug-likeness (QED) is 0.0303. The molecule has 0 saturated carbocycles. The zero-order valence-corrected chi connectivity index (χ0v) is 46.6. The van der Waals surface area contributed by atoms with Gasteiger partial charge in [-0.3, -0.25) is 38.6 Å². The number of carbonyl (C=O) groups is 7. The first-order chi connectivity index (χ1) is 37.6. The van der Waals surface area contributed by atoms with Crippen LogP contribution in [0.1, 0.15) is 118 Å². The van der Waals surface area contributed by atoms with Crippen LogP contribution < -0.4 is 56.1 Å². The number of hydrogen-bond donors (Lipinski definition) is 11. The third-order valence-electron chi connectivity index (χ3n) is 14.1. The summed E-state index contributed by atoms with van der Waals surface area (Å²) in [4.78, 5) is 109. The number of phenols is 1. The summed E-state index contributed by atoms with van der Waals surface area (Å²) in [6.07, 6.45) is 3.56. The number of fused-ring (bicyclic) bond motifs is 2. The molecule has 0 unspecified atom stereocenters. The zero-order chi connectivity index (χ0) is 58.2. The van der Waals surface area contributed by atoms with Gasteiger partial charge in [-0.2, -0.15) is 0 Å². The van der Waals surface area contributed by atoms with Crippen molar-refractivity contribution in [3.8, 4) is 5.75 Å². The molecule has 7 amide bonds. The molecule has 1 heterocycles. The third-order valence-corrected chi connectivity index (χ3v) is 14.1. The van der Waals surface area contributed by atoms with E-state index in [0.29, 0.717) is 61.8 Å². The lowest BCUT2D eigenvalue weighted by Gasteiger charge is -2.33. The zero-order valence-electron chi connectivity index (χ0n) is 46.6. The fourth-order valence-electron chi connectivity index (χ4n) is 9.43. The molecule has 1 aliphatic heterocycles. The minimum absolute atomic E-state index is 0.0116. The lowest BCUT2D eigenvalue weighted by atomic mass is 9.98. The SMILES string of the molecule is CC[C@H](C)[C@H](N)C(=O)N[C@@H](CCCN=C(N)N)C(=O)N1CCCN(C(=O)[C@H](Cc2ccccc2)NC(=O)[C@@H](N)CCCCN)Cc2cc(cc(C(N)=O)c2)CN(C(=O)[C@H](Cc2ccc(O)cc2)NC(=O)[C@@H](N)CC(C)C)CCC1. The number of carbonyl (C=O) groups excluding carboxylic acids is 7. The second-order valence-electron chi connectivity index (χ2n) is 21.2. The topological polar surface area (TPSA) is 380 Å². The molecule has 1 aliphatic rings. The number of nitrogens with two attached hydrogens (primary N) is 7. The number of unbranched alkanes of at least 4 members (excludes halogenated alkanes) is 1. The van der Waals surface area contributed by atoms with Crippen LogP contribution in [0.5, 0.6) is 5.75 Å². The van der Waals surface area contributed by atoms with Gasteiger partial charge in [0.05, 0.1) is 18.1 Å². The van der Waals surface area contributed by atoms with E-state index in [-0.39, 0.29) is 107 Å². The van der Waals surface area contributed by atoms with Gasteiger partial charge in [-0.1, -0.05) is 89.1 Å². The van der Waals surface area contributed by atoms with Crippen molar-refractivity contribution in [1.29, 1.82) is 0 Å². The van der Waals surface area contributed by atoms with E-state index in [9.17, 15) is 24.3 Å². The Kier molecular flexibility index (Phi) is 26.6. The van der Waals surface area contributed by atoms with Gasteiger partial charge in [-0.15, -0.1) is 0 Å². The molecule has 0 aliphatic carbocycles. The number of guanidine groups is 1. The van der Waals surface area contributed by atoms with Crippen molar-refractivity contribution in [3.05, 3.63) is 101 Å². The van der Waals surface area contributed by atoms with Crippen LogP contribution in [0.4, 0.5) is 0 Å². The van der Waals surface area contributed by atoms with E-state index in [1.807, 2.05) is 58.0 Å². The number of nitrogens with one attached hydrogen (secondary N) is 3. The highest BCUT2D eigenvalue weighted by atomic mass is 16.3. The maximum absolute atomic E-state index is 15.2. The molecule has 434 valence electrons. The van der Waals surface area contributed by atoms with Gasteiger partial charge in [-0.25, -0.2) is 0 Å². The van der Waals surface area contributed by atoms with Gasteiger partial charge in [0.25, 0.3) is 0 Å². The second kappa shape index (κ2) is 32.7. The standard InChI is InChI=1S/C57H88N14O8/c1-5-37(4)49(61)53(76)66-46(17-11-23-65-57(63)64)54(77)69-24-12-26-70(55(78)47(32-38-14-7-6-8-15-38)67-51(74)44(59)16-9-10-22-58)34-40-29-41(31-42(30-40)50(62)73)35-71(27-13-25-69)56(79)48(33-39-18-20-43(72)21-19-39)68-52(75)45(60)28-36(2)3/h6-8,14-15,18-21,29-31,36-37,44-49,72H,5,9-13,16-17,22-28,32-35,58-61H2,1-4H3,(H2,62,73)(H,66,76)(H,67,74)(H,68,75)(H4,63,64,65)/t37-,44-,45-,46-,47-,48-,49-/m0/s1. The molecule has 79 heavy (non-hydrogen) atoms. The average Bonchev–Trinajstić information content (AvgIpc) is 3.42.